The molecule has 0 radical (unpaired) electrons. The van der Waals surface area contributed by atoms with Crippen molar-refractivity contribution in [3.63, 3.8) is 0 Å². The Morgan fingerprint density at radius 2 is 2.12 bits per heavy atom. The van der Waals surface area contributed by atoms with Crippen LogP contribution in [0.1, 0.15) is 18.4 Å². The first kappa shape index (κ1) is 18.4. The van der Waals surface area contributed by atoms with Gasteiger partial charge in [0.15, 0.2) is 0 Å². The van der Waals surface area contributed by atoms with Crippen molar-refractivity contribution in [2.75, 3.05) is 11.6 Å². The van der Waals surface area contributed by atoms with Crippen molar-refractivity contribution in [1.82, 2.24) is 15.5 Å². The quantitative estimate of drug-likeness (QED) is 0.805. The molecule has 2 aliphatic rings. The molecule has 134 valence electrons. The first-order chi connectivity index (χ1) is 12.0. The van der Waals surface area contributed by atoms with Gasteiger partial charge in [0.25, 0.3) is 0 Å². The smallest absolute Gasteiger partial charge is 0.246 e. The molecule has 2 aliphatic heterocycles. The molecule has 2 N–H and O–H groups in total. The summed E-state index contributed by atoms with van der Waals surface area (Å²) in [6.45, 7) is 0.305. The van der Waals surface area contributed by atoms with Gasteiger partial charge in [-0.15, -0.1) is 11.8 Å². The van der Waals surface area contributed by atoms with Crippen molar-refractivity contribution in [2.45, 2.75) is 31.5 Å². The maximum atomic E-state index is 12.6. The molecule has 0 spiro atoms. The molecule has 0 aromatic heterocycles. The highest BCUT2D eigenvalue weighted by atomic mass is 35.5. The molecule has 9 heteroatoms. The van der Waals surface area contributed by atoms with Gasteiger partial charge in [0, 0.05) is 18.7 Å². The summed E-state index contributed by atoms with van der Waals surface area (Å²) in [5.74, 6) is 0.473. The zero-order valence-corrected chi connectivity index (χ0v) is 15.6. The van der Waals surface area contributed by atoms with Crippen LogP contribution in [0.15, 0.2) is 18.2 Å². The summed E-state index contributed by atoms with van der Waals surface area (Å²) in [6.07, 6.45) is 0.835. The SMILES string of the molecule is O=C1CC[C@H](C(=O)N2CSC[C@@H]2C(=O)NCc2ccc(Cl)c(Cl)c2)N1. The third kappa shape index (κ3) is 4.22. The number of amides is 3. The molecule has 0 unspecified atom stereocenters. The molecule has 0 saturated carbocycles. The number of hydrogen-bond acceptors (Lipinski definition) is 4. The lowest BCUT2D eigenvalue weighted by atomic mass is 10.1. The largest absolute Gasteiger partial charge is 0.350 e. The van der Waals surface area contributed by atoms with E-state index in [9.17, 15) is 14.4 Å². The third-order valence-electron chi connectivity index (χ3n) is 4.21. The Labute approximate surface area is 159 Å². The molecule has 2 heterocycles. The van der Waals surface area contributed by atoms with Gasteiger partial charge >= 0.3 is 0 Å². The summed E-state index contributed by atoms with van der Waals surface area (Å²) in [5.41, 5.74) is 0.828. The van der Waals surface area contributed by atoms with Crippen LogP contribution in [0.5, 0.6) is 0 Å². The standard InChI is InChI=1S/C16H17Cl2N3O3S/c17-10-2-1-9(5-11(10)18)6-19-15(23)13-7-25-8-21(13)16(24)12-3-4-14(22)20-12/h1-2,5,12-13H,3-4,6-8H2,(H,19,23)(H,20,22)/t12-,13-/m1/s1. The molecule has 2 saturated heterocycles. The molecule has 3 rings (SSSR count). The average molecular weight is 402 g/mol. The first-order valence-electron chi connectivity index (χ1n) is 7.85. The van der Waals surface area contributed by atoms with Gasteiger partial charge in [-0.2, -0.15) is 0 Å². The van der Waals surface area contributed by atoms with E-state index in [1.54, 1.807) is 23.1 Å². The van der Waals surface area contributed by atoms with E-state index in [4.69, 9.17) is 23.2 Å². The summed E-state index contributed by atoms with van der Waals surface area (Å²) in [6, 6.07) is 4.11. The third-order valence-corrected chi connectivity index (χ3v) is 5.96. The van der Waals surface area contributed by atoms with Crippen LogP contribution >= 0.6 is 35.0 Å². The second kappa shape index (κ2) is 7.85. The number of carbonyl (C=O) groups is 3. The highest BCUT2D eigenvalue weighted by Crippen LogP contribution is 2.25. The summed E-state index contributed by atoms with van der Waals surface area (Å²) in [4.78, 5) is 37.9. The Morgan fingerprint density at radius 1 is 1.32 bits per heavy atom. The van der Waals surface area contributed by atoms with Crippen molar-refractivity contribution in [1.29, 1.82) is 0 Å². The van der Waals surface area contributed by atoms with E-state index in [0.29, 0.717) is 41.1 Å². The molecule has 3 amide bonds. The molecular formula is C16H17Cl2N3O3S. The first-order valence-corrected chi connectivity index (χ1v) is 9.76. The number of rotatable bonds is 4. The minimum Gasteiger partial charge on any atom is -0.350 e. The Bertz CT molecular complexity index is 716. The van der Waals surface area contributed by atoms with Crippen molar-refractivity contribution < 1.29 is 14.4 Å². The van der Waals surface area contributed by atoms with Gasteiger partial charge in [-0.05, 0) is 24.1 Å². The minimum absolute atomic E-state index is 0.120. The van der Waals surface area contributed by atoms with Crippen LogP contribution < -0.4 is 10.6 Å². The number of thioether (sulfide) groups is 1. The number of carbonyl (C=O) groups excluding carboxylic acids is 3. The molecule has 2 atom stereocenters. The number of hydrogen-bond donors (Lipinski definition) is 2. The van der Waals surface area contributed by atoms with Crippen LogP contribution in [0, 0.1) is 0 Å². The van der Waals surface area contributed by atoms with Gasteiger partial charge in [-0.3, -0.25) is 14.4 Å². The van der Waals surface area contributed by atoms with E-state index in [1.165, 1.54) is 11.8 Å². The Kier molecular flexibility index (Phi) is 5.76. The van der Waals surface area contributed by atoms with Gasteiger partial charge in [0.1, 0.15) is 12.1 Å². The van der Waals surface area contributed by atoms with Gasteiger partial charge in [-0.1, -0.05) is 29.3 Å². The normalized spacial score (nSPS) is 22.8. The van der Waals surface area contributed by atoms with Gasteiger partial charge in [0.2, 0.25) is 17.7 Å². The lowest BCUT2D eigenvalue weighted by molar-refractivity contribution is -0.139. The van der Waals surface area contributed by atoms with Crippen LogP contribution in [-0.2, 0) is 20.9 Å². The van der Waals surface area contributed by atoms with E-state index in [1.807, 2.05) is 0 Å². The lowest BCUT2D eigenvalue weighted by Gasteiger charge is -2.25. The number of benzene rings is 1. The molecule has 6 nitrogen and oxygen atoms in total. The maximum absolute atomic E-state index is 12.6. The molecule has 1 aromatic carbocycles. The fraction of sp³-hybridized carbons (Fsp3) is 0.438. The Balaban J connectivity index is 1.59. The summed E-state index contributed by atoms with van der Waals surface area (Å²) < 4.78 is 0. The Hall–Kier alpha value is -1.44. The topological polar surface area (TPSA) is 78.5 Å². The minimum atomic E-state index is -0.530. The molecule has 25 heavy (non-hydrogen) atoms. The number of halogens is 2. The van der Waals surface area contributed by atoms with Crippen molar-refractivity contribution in [2.24, 2.45) is 0 Å². The molecule has 2 fully saturated rings. The maximum Gasteiger partial charge on any atom is 0.246 e. The average Bonchev–Trinajstić information content (AvgIpc) is 3.24. The molecule has 0 bridgehead atoms. The van der Waals surface area contributed by atoms with E-state index >= 15 is 0 Å². The van der Waals surface area contributed by atoms with Gasteiger partial charge in [-0.25, -0.2) is 0 Å². The summed E-state index contributed by atoms with van der Waals surface area (Å²) in [5, 5.41) is 6.38. The predicted octanol–water partition coefficient (Wildman–Crippen LogP) is 1.79. The fourth-order valence-corrected chi connectivity index (χ4v) is 4.32. The van der Waals surface area contributed by atoms with E-state index < -0.39 is 12.1 Å². The van der Waals surface area contributed by atoms with Crippen molar-refractivity contribution >= 4 is 52.7 Å². The Morgan fingerprint density at radius 3 is 2.80 bits per heavy atom. The van der Waals surface area contributed by atoms with E-state index in [0.717, 1.165) is 5.56 Å². The van der Waals surface area contributed by atoms with Crippen LogP contribution in [0.3, 0.4) is 0 Å². The lowest BCUT2D eigenvalue weighted by Crippen LogP contribution is -2.52. The highest BCUT2D eigenvalue weighted by molar-refractivity contribution is 7.99. The van der Waals surface area contributed by atoms with Gasteiger partial charge in [0.05, 0.1) is 15.9 Å². The molecular weight excluding hydrogens is 385 g/mol. The van der Waals surface area contributed by atoms with Crippen LogP contribution in [-0.4, -0.2) is 46.3 Å². The number of nitrogens with one attached hydrogen (secondary N) is 2. The second-order valence-corrected chi connectivity index (χ2v) is 7.76. The second-order valence-electron chi connectivity index (χ2n) is 5.95. The van der Waals surface area contributed by atoms with Crippen LogP contribution in [0.4, 0.5) is 0 Å². The summed E-state index contributed by atoms with van der Waals surface area (Å²) >= 11 is 13.4. The zero-order chi connectivity index (χ0) is 18.0. The monoisotopic (exact) mass is 401 g/mol. The predicted molar refractivity (Wildman–Crippen MR) is 97.4 cm³/mol. The molecule has 0 aliphatic carbocycles. The van der Waals surface area contributed by atoms with Crippen molar-refractivity contribution in [3.8, 4) is 0 Å². The van der Waals surface area contributed by atoms with Crippen molar-refractivity contribution in [3.05, 3.63) is 33.8 Å². The zero-order valence-electron chi connectivity index (χ0n) is 13.3. The fourth-order valence-electron chi connectivity index (χ4n) is 2.83. The highest BCUT2D eigenvalue weighted by Gasteiger charge is 2.39. The van der Waals surface area contributed by atoms with Crippen LogP contribution in [0.2, 0.25) is 10.0 Å². The van der Waals surface area contributed by atoms with E-state index in [2.05, 4.69) is 10.6 Å². The molecule has 1 aromatic rings. The van der Waals surface area contributed by atoms with E-state index in [-0.39, 0.29) is 17.7 Å². The van der Waals surface area contributed by atoms with Gasteiger partial charge < -0.3 is 15.5 Å². The van der Waals surface area contributed by atoms with Crippen LogP contribution in [0.25, 0.3) is 0 Å². The number of nitrogens with zero attached hydrogens (tertiary/aromatic N) is 1. The summed E-state index contributed by atoms with van der Waals surface area (Å²) in [7, 11) is 0.